The third-order valence-corrected chi connectivity index (χ3v) is 5.09. The van der Waals surface area contributed by atoms with Crippen LogP contribution in [0.3, 0.4) is 0 Å². The average molecular weight is 345 g/mol. The number of fused-ring (bicyclic) bond motifs is 1. The van der Waals surface area contributed by atoms with Gasteiger partial charge in [-0.05, 0) is 59.3 Å². The molecule has 2 heterocycles. The number of rotatable bonds is 1. The van der Waals surface area contributed by atoms with Crippen molar-refractivity contribution in [3.63, 3.8) is 0 Å². The van der Waals surface area contributed by atoms with Gasteiger partial charge in [-0.15, -0.1) is 0 Å². The zero-order valence-electron chi connectivity index (χ0n) is 15.9. The van der Waals surface area contributed by atoms with Crippen molar-refractivity contribution in [3.8, 4) is 0 Å². The van der Waals surface area contributed by atoms with Crippen LogP contribution < -0.4 is 0 Å². The molecule has 138 valence electrons. The molecule has 1 aliphatic heterocycles. The number of carbonyl (C=O) groups excluding carboxylic acids is 1. The van der Waals surface area contributed by atoms with Crippen molar-refractivity contribution in [2.24, 2.45) is 0 Å². The molecule has 0 atom stereocenters. The number of carbonyl (C=O) groups is 1. The van der Waals surface area contributed by atoms with Gasteiger partial charge in [0.1, 0.15) is 5.60 Å². The van der Waals surface area contributed by atoms with Crippen molar-refractivity contribution in [3.05, 3.63) is 23.3 Å². The Kier molecular flexibility index (Phi) is 5.60. The van der Waals surface area contributed by atoms with Crippen LogP contribution in [0.4, 0.5) is 4.79 Å². The van der Waals surface area contributed by atoms with Crippen LogP contribution in [0.25, 0.3) is 0 Å². The summed E-state index contributed by atoms with van der Waals surface area (Å²) < 4.78 is 5.48. The summed E-state index contributed by atoms with van der Waals surface area (Å²) in [4.78, 5) is 23.7. The van der Waals surface area contributed by atoms with Gasteiger partial charge in [0.15, 0.2) is 0 Å². The van der Waals surface area contributed by atoms with Gasteiger partial charge in [-0.25, -0.2) is 4.79 Å². The maximum atomic E-state index is 12.2. The molecule has 0 radical (unpaired) electrons. The Morgan fingerprint density at radius 3 is 2.36 bits per heavy atom. The summed E-state index contributed by atoms with van der Waals surface area (Å²) in [5.74, 6) is 0.405. The summed E-state index contributed by atoms with van der Waals surface area (Å²) in [5, 5.41) is 0. The van der Waals surface area contributed by atoms with Gasteiger partial charge >= 0.3 is 6.09 Å². The van der Waals surface area contributed by atoms with Crippen LogP contribution in [-0.4, -0.2) is 39.7 Å². The Bertz CT molecular complexity index is 601. The first-order chi connectivity index (χ1) is 11.9. The normalized spacial score (nSPS) is 19.7. The van der Waals surface area contributed by atoms with E-state index in [1.54, 1.807) is 0 Å². The molecular formula is C20H31N3O2. The fourth-order valence-corrected chi connectivity index (χ4v) is 3.70. The van der Waals surface area contributed by atoms with Crippen LogP contribution in [0.15, 0.2) is 6.20 Å². The first-order valence-electron chi connectivity index (χ1n) is 9.75. The first kappa shape index (κ1) is 18.2. The molecule has 1 amide bonds. The second kappa shape index (κ2) is 7.71. The zero-order chi connectivity index (χ0) is 17.9. The smallest absolute Gasteiger partial charge is 0.410 e. The Labute approximate surface area is 151 Å². The Morgan fingerprint density at radius 1 is 1.08 bits per heavy atom. The summed E-state index contributed by atoms with van der Waals surface area (Å²) in [5.41, 5.74) is 3.10. The van der Waals surface area contributed by atoms with Crippen LogP contribution in [0.2, 0.25) is 0 Å². The van der Waals surface area contributed by atoms with Crippen LogP contribution >= 0.6 is 0 Å². The van der Waals surface area contributed by atoms with Gasteiger partial charge in [-0.3, -0.25) is 9.97 Å². The highest BCUT2D eigenvalue weighted by Crippen LogP contribution is 2.28. The minimum Gasteiger partial charge on any atom is -0.444 e. The molecule has 5 nitrogen and oxygen atoms in total. The van der Waals surface area contributed by atoms with E-state index < -0.39 is 5.60 Å². The number of aryl methyl sites for hydroxylation is 2. The van der Waals surface area contributed by atoms with E-state index in [4.69, 9.17) is 14.7 Å². The number of ether oxygens (including phenoxy) is 1. The second-order valence-electron chi connectivity index (χ2n) is 8.34. The topological polar surface area (TPSA) is 55.3 Å². The van der Waals surface area contributed by atoms with Gasteiger partial charge in [-0.1, -0.05) is 12.8 Å². The predicted octanol–water partition coefficient (Wildman–Crippen LogP) is 4.25. The Balaban J connectivity index is 1.61. The highest BCUT2D eigenvalue weighted by molar-refractivity contribution is 5.68. The third kappa shape index (κ3) is 4.93. The highest BCUT2D eigenvalue weighted by Gasteiger charge is 2.28. The molecule has 1 fully saturated rings. The minimum atomic E-state index is -0.435. The molecule has 0 bridgehead atoms. The highest BCUT2D eigenvalue weighted by atomic mass is 16.6. The largest absolute Gasteiger partial charge is 0.444 e. The summed E-state index contributed by atoms with van der Waals surface area (Å²) in [6.07, 6.45) is 10.9. The maximum absolute atomic E-state index is 12.2. The van der Waals surface area contributed by atoms with Gasteiger partial charge in [0.05, 0.1) is 17.1 Å². The SMILES string of the molecule is CC(C)(C)OC(=O)N1CCC(c2cnc3c(n2)CCCCCC3)CC1. The van der Waals surface area contributed by atoms with Crippen LogP contribution in [0.1, 0.15) is 82.3 Å². The lowest BCUT2D eigenvalue weighted by molar-refractivity contribution is 0.0204. The summed E-state index contributed by atoms with van der Waals surface area (Å²) >= 11 is 0. The molecule has 5 heteroatoms. The molecule has 0 unspecified atom stereocenters. The van der Waals surface area contributed by atoms with Crippen molar-refractivity contribution in [1.29, 1.82) is 0 Å². The molecular weight excluding hydrogens is 314 g/mol. The number of hydrogen-bond acceptors (Lipinski definition) is 4. The molecule has 25 heavy (non-hydrogen) atoms. The van der Waals surface area contributed by atoms with Gasteiger partial charge in [0, 0.05) is 25.2 Å². The van der Waals surface area contributed by atoms with E-state index in [-0.39, 0.29) is 6.09 Å². The van der Waals surface area contributed by atoms with Crippen molar-refractivity contribution in [1.82, 2.24) is 14.9 Å². The lowest BCUT2D eigenvalue weighted by Gasteiger charge is -2.33. The molecule has 1 aliphatic carbocycles. The Morgan fingerprint density at radius 2 is 1.72 bits per heavy atom. The number of aromatic nitrogens is 2. The summed E-state index contributed by atoms with van der Waals surface area (Å²) in [6.45, 7) is 7.19. The molecule has 1 aromatic rings. The van der Waals surface area contributed by atoms with E-state index >= 15 is 0 Å². The Hall–Kier alpha value is -1.65. The fourth-order valence-electron chi connectivity index (χ4n) is 3.70. The lowest BCUT2D eigenvalue weighted by Crippen LogP contribution is -2.41. The van der Waals surface area contributed by atoms with Crippen molar-refractivity contribution >= 4 is 6.09 Å². The minimum absolute atomic E-state index is 0.199. The van der Waals surface area contributed by atoms with Gasteiger partial charge in [0.25, 0.3) is 0 Å². The number of nitrogens with zero attached hydrogens (tertiary/aromatic N) is 3. The standard InChI is InChI=1S/C20H31N3O2/c1-20(2,3)25-19(24)23-12-10-15(11-13-23)18-14-21-16-8-6-4-5-7-9-17(16)22-18/h14-15H,4-13H2,1-3H3. The molecule has 1 aromatic heterocycles. The second-order valence-corrected chi connectivity index (χ2v) is 8.34. The van der Waals surface area contributed by atoms with Crippen LogP contribution in [0.5, 0.6) is 0 Å². The molecule has 3 rings (SSSR count). The van der Waals surface area contributed by atoms with Gasteiger partial charge in [-0.2, -0.15) is 0 Å². The quantitative estimate of drug-likeness (QED) is 0.763. The summed E-state index contributed by atoms with van der Waals surface area (Å²) in [6, 6.07) is 0. The maximum Gasteiger partial charge on any atom is 0.410 e. The molecule has 1 saturated heterocycles. The van der Waals surface area contributed by atoms with E-state index in [9.17, 15) is 4.79 Å². The first-order valence-corrected chi connectivity index (χ1v) is 9.75. The molecule has 0 aromatic carbocycles. The van der Waals surface area contributed by atoms with E-state index in [1.807, 2.05) is 31.9 Å². The summed E-state index contributed by atoms with van der Waals surface area (Å²) in [7, 11) is 0. The van der Waals surface area contributed by atoms with Crippen molar-refractivity contribution < 1.29 is 9.53 Å². The van der Waals surface area contributed by atoms with Crippen molar-refractivity contribution in [2.75, 3.05) is 13.1 Å². The molecule has 0 spiro atoms. The fraction of sp³-hybridized carbons (Fsp3) is 0.750. The van der Waals surface area contributed by atoms with Crippen LogP contribution in [0, 0.1) is 0 Å². The monoisotopic (exact) mass is 345 g/mol. The van der Waals surface area contributed by atoms with Gasteiger partial charge in [0.2, 0.25) is 0 Å². The lowest BCUT2D eigenvalue weighted by atomic mass is 9.93. The number of likely N-dealkylation sites (tertiary alicyclic amines) is 1. The number of amides is 1. The van der Waals surface area contributed by atoms with Crippen molar-refractivity contribution in [2.45, 2.75) is 83.7 Å². The number of hydrogen-bond donors (Lipinski definition) is 0. The number of piperidine rings is 1. The predicted molar refractivity (Wildman–Crippen MR) is 97.7 cm³/mol. The van der Waals surface area contributed by atoms with Gasteiger partial charge < -0.3 is 9.64 Å². The van der Waals surface area contributed by atoms with Crippen LogP contribution in [-0.2, 0) is 17.6 Å². The molecule has 0 saturated carbocycles. The molecule has 2 aliphatic rings. The van der Waals surface area contributed by atoms with E-state index in [0.29, 0.717) is 5.92 Å². The van der Waals surface area contributed by atoms with E-state index in [2.05, 4.69) is 0 Å². The van der Waals surface area contributed by atoms with E-state index in [1.165, 1.54) is 37.1 Å². The molecule has 0 N–H and O–H groups in total. The third-order valence-electron chi connectivity index (χ3n) is 5.09. The average Bonchev–Trinajstić information content (AvgIpc) is 2.54. The zero-order valence-corrected chi connectivity index (χ0v) is 15.9. The van der Waals surface area contributed by atoms with E-state index in [0.717, 1.165) is 44.5 Å².